The number of pyridine rings is 1. The number of nitrogens with one attached hydrogen (secondary N) is 1. The molecule has 11 heteroatoms. The van der Waals surface area contributed by atoms with E-state index in [-0.39, 0.29) is 11.1 Å². The van der Waals surface area contributed by atoms with Crippen LogP contribution in [-0.2, 0) is 10.2 Å². The average molecular weight is 386 g/mol. The number of rotatable bonds is 5. The number of nitrogens with zero attached hydrogens (tertiary/aromatic N) is 3. The number of hydrogen-bond donors (Lipinski definition) is 3. The Balaban J connectivity index is 0.000000445. The van der Waals surface area contributed by atoms with Crippen LogP contribution in [0.5, 0.6) is 0 Å². The van der Waals surface area contributed by atoms with Crippen LogP contribution >= 0.6 is 0 Å². The second kappa shape index (κ2) is 8.92. The molecule has 0 aliphatic heterocycles. The van der Waals surface area contributed by atoms with Gasteiger partial charge in [0.05, 0.1) is 0 Å². The van der Waals surface area contributed by atoms with Crippen molar-refractivity contribution in [3.8, 4) is 0 Å². The third-order valence-electron chi connectivity index (χ3n) is 3.30. The summed E-state index contributed by atoms with van der Waals surface area (Å²) >= 11 is 0. The molecule has 3 N–H and O–H groups in total. The monoisotopic (exact) mass is 386 g/mol. The molecule has 2 heterocycles. The molecule has 0 aromatic carbocycles. The van der Waals surface area contributed by atoms with Crippen LogP contribution in [0.1, 0.15) is 29.9 Å². The Bertz CT molecular complexity index is 783. The maximum atomic E-state index is 10.9. The Morgan fingerprint density at radius 2 is 1.67 bits per heavy atom. The van der Waals surface area contributed by atoms with Gasteiger partial charge in [-0.1, -0.05) is 13.8 Å². The van der Waals surface area contributed by atoms with Gasteiger partial charge in [-0.2, -0.15) is 13.2 Å². The largest absolute Gasteiger partial charge is 0.490 e. The number of carbonyl (C=O) groups is 2. The molecule has 0 saturated heterocycles. The normalized spacial score (nSPS) is 11.1. The fraction of sp³-hybridized carbons (Fsp3) is 0.312. The van der Waals surface area contributed by atoms with Crippen molar-refractivity contribution in [2.75, 3.05) is 11.9 Å². The van der Waals surface area contributed by atoms with Gasteiger partial charge in [-0.15, -0.1) is 0 Å². The molecule has 0 atom stereocenters. The van der Waals surface area contributed by atoms with Crippen molar-refractivity contribution >= 4 is 17.8 Å². The molecule has 0 saturated carbocycles. The molecule has 2 aromatic heterocycles. The molecular formula is C16H17F3N4O4. The van der Waals surface area contributed by atoms with Crippen LogP contribution in [0.4, 0.5) is 19.0 Å². The number of alkyl halides is 3. The quantitative estimate of drug-likeness (QED) is 0.716. The van der Waals surface area contributed by atoms with Gasteiger partial charge in [0.2, 0.25) is 0 Å². The third kappa shape index (κ3) is 7.26. The predicted octanol–water partition coefficient (Wildman–Crippen LogP) is 2.59. The second-order valence-corrected chi connectivity index (χ2v) is 5.87. The van der Waals surface area contributed by atoms with Crippen molar-refractivity contribution in [2.24, 2.45) is 0 Å². The summed E-state index contributed by atoms with van der Waals surface area (Å²) < 4.78 is 31.7. The second-order valence-electron chi connectivity index (χ2n) is 5.87. The number of aliphatic carboxylic acids is 1. The van der Waals surface area contributed by atoms with Gasteiger partial charge >= 0.3 is 18.1 Å². The van der Waals surface area contributed by atoms with Crippen LogP contribution in [0.15, 0.2) is 36.9 Å². The Morgan fingerprint density at radius 1 is 1.11 bits per heavy atom. The number of carboxylic acid groups (broad SMARTS) is 2. The summed E-state index contributed by atoms with van der Waals surface area (Å²) in [6.07, 6.45) is -0.334. The van der Waals surface area contributed by atoms with Gasteiger partial charge in [0.25, 0.3) is 0 Å². The molecule has 0 fully saturated rings. The predicted molar refractivity (Wildman–Crippen MR) is 88.4 cm³/mol. The van der Waals surface area contributed by atoms with E-state index in [0.29, 0.717) is 12.4 Å². The van der Waals surface area contributed by atoms with E-state index >= 15 is 0 Å². The van der Waals surface area contributed by atoms with Crippen LogP contribution in [-0.4, -0.2) is 49.8 Å². The number of hydrogen-bond acceptors (Lipinski definition) is 6. The summed E-state index contributed by atoms with van der Waals surface area (Å²) in [5.41, 5.74) is 0.994. The van der Waals surface area contributed by atoms with Crippen LogP contribution in [0, 0.1) is 0 Å². The van der Waals surface area contributed by atoms with Crippen molar-refractivity contribution in [3.63, 3.8) is 0 Å². The smallest absolute Gasteiger partial charge is 0.477 e. The number of anilines is 1. The molecule has 27 heavy (non-hydrogen) atoms. The summed E-state index contributed by atoms with van der Waals surface area (Å²) in [6.45, 7) is 4.80. The van der Waals surface area contributed by atoms with E-state index in [2.05, 4.69) is 34.1 Å². The Labute approximate surface area is 152 Å². The zero-order chi connectivity index (χ0) is 20.7. The van der Waals surface area contributed by atoms with E-state index in [1.54, 1.807) is 12.4 Å². The lowest BCUT2D eigenvalue weighted by Gasteiger charge is -2.25. The lowest BCUT2D eigenvalue weighted by atomic mass is 9.85. The summed E-state index contributed by atoms with van der Waals surface area (Å²) in [5.74, 6) is -3.32. The van der Waals surface area contributed by atoms with Gasteiger partial charge in [-0.3, -0.25) is 4.98 Å². The minimum Gasteiger partial charge on any atom is -0.477 e. The van der Waals surface area contributed by atoms with Crippen LogP contribution in [0.3, 0.4) is 0 Å². The van der Waals surface area contributed by atoms with E-state index in [0.717, 1.165) is 5.56 Å². The molecule has 0 aliphatic carbocycles. The number of halogens is 3. The average Bonchev–Trinajstić information content (AvgIpc) is 2.61. The lowest BCUT2D eigenvalue weighted by molar-refractivity contribution is -0.192. The zero-order valence-electron chi connectivity index (χ0n) is 14.4. The Hall–Kier alpha value is -3.24. The Kier molecular flexibility index (Phi) is 7.20. The standard InChI is InChI=1S/C14H16N4O2.C2HF3O2/c1-14(2,10-3-5-15-6-4-10)8-16-12-7-11(13(19)20)17-9-18-12;3-2(4,5)1(6)7/h3-7,9H,8H2,1-2H3,(H,19,20)(H,16,17,18);(H,6,7). The van der Waals surface area contributed by atoms with Crippen molar-refractivity contribution < 1.29 is 33.0 Å². The van der Waals surface area contributed by atoms with E-state index < -0.39 is 18.1 Å². The maximum Gasteiger partial charge on any atom is 0.490 e. The SMILES string of the molecule is CC(C)(CNc1cc(C(=O)O)ncn1)c1ccncc1.O=C(O)C(F)(F)F. The van der Waals surface area contributed by atoms with E-state index in [1.165, 1.54) is 12.4 Å². The summed E-state index contributed by atoms with van der Waals surface area (Å²) in [5, 5.41) is 19.2. The van der Waals surface area contributed by atoms with E-state index in [1.807, 2.05) is 12.1 Å². The first-order valence-corrected chi connectivity index (χ1v) is 7.43. The highest BCUT2D eigenvalue weighted by Crippen LogP contribution is 2.22. The molecule has 0 radical (unpaired) electrons. The number of aromatic nitrogens is 3. The van der Waals surface area contributed by atoms with Crippen LogP contribution < -0.4 is 5.32 Å². The summed E-state index contributed by atoms with van der Waals surface area (Å²) in [4.78, 5) is 31.5. The first-order chi connectivity index (χ1) is 12.4. The zero-order valence-corrected chi connectivity index (χ0v) is 14.4. The minimum atomic E-state index is -5.08. The van der Waals surface area contributed by atoms with Gasteiger partial charge in [0, 0.05) is 30.4 Å². The molecule has 146 valence electrons. The molecule has 0 spiro atoms. The molecule has 0 unspecified atom stereocenters. The number of carboxylic acids is 2. The van der Waals surface area contributed by atoms with Crippen molar-refractivity contribution in [2.45, 2.75) is 25.4 Å². The van der Waals surface area contributed by atoms with Gasteiger partial charge in [0.15, 0.2) is 5.69 Å². The van der Waals surface area contributed by atoms with Crippen molar-refractivity contribution in [1.29, 1.82) is 0 Å². The molecule has 0 aliphatic rings. The van der Waals surface area contributed by atoms with Crippen LogP contribution in [0.25, 0.3) is 0 Å². The first kappa shape index (κ1) is 21.8. The minimum absolute atomic E-state index is 0.0239. The van der Waals surface area contributed by atoms with Crippen molar-refractivity contribution in [3.05, 3.63) is 48.2 Å². The van der Waals surface area contributed by atoms with Crippen molar-refractivity contribution in [1.82, 2.24) is 15.0 Å². The molecule has 2 aromatic rings. The van der Waals surface area contributed by atoms with Crippen LogP contribution in [0.2, 0.25) is 0 Å². The topological polar surface area (TPSA) is 125 Å². The molecular weight excluding hydrogens is 369 g/mol. The van der Waals surface area contributed by atoms with Gasteiger partial charge < -0.3 is 15.5 Å². The van der Waals surface area contributed by atoms with Gasteiger partial charge in [-0.25, -0.2) is 19.6 Å². The maximum absolute atomic E-state index is 10.9. The van der Waals surface area contributed by atoms with E-state index in [9.17, 15) is 18.0 Å². The molecule has 2 rings (SSSR count). The lowest BCUT2D eigenvalue weighted by Crippen LogP contribution is -2.28. The summed E-state index contributed by atoms with van der Waals surface area (Å²) in [7, 11) is 0. The van der Waals surface area contributed by atoms with Gasteiger partial charge in [0.1, 0.15) is 12.1 Å². The first-order valence-electron chi connectivity index (χ1n) is 7.43. The molecule has 0 amide bonds. The van der Waals surface area contributed by atoms with Gasteiger partial charge in [-0.05, 0) is 17.7 Å². The number of aromatic carboxylic acids is 1. The highest BCUT2D eigenvalue weighted by molar-refractivity contribution is 5.86. The summed E-state index contributed by atoms with van der Waals surface area (Å²) in [6, 6.07) is 5.35. The third-order valence-corrected chi connectivity index (χ3v) is 3.30. The molecule has 8 nitrogen and oxygen atoms in total. The highest BCUT2D eigenvalue weighted by atomic mass is 19.4. The molecule has 0 bridgehead atoms. The fourth-order valence-electron chi connectivity index (χ4n) is 1.79. The fourth-order valence-corrected chi connectivity index (χ4v) is 1.79. The highest BCUT2D eigenvalue weighted by Gasteiger charge is 2.38. The van der Waals surface area contributed by atoms with E-state index in [4.69, 9.17) is 15.0 Å². The Morgan fingerprint density at radius 3 is 2.15 bits per heavy atom.